The molecule has 0 amide bonds. The van der Waals surface area contributed by atoms with Crippen LogP contribution >= 0.6 is 11.3 Å². The number of benzene rings is 2. The summed E-state index contributed by atoms with van der Waals surface area (Å²) in [6.45, 7) is 0.890. The van der Waals surface area contributed by atoms with Gasteiger partial charge in [0, 0.05) is 17.0 Å². The molecule has 0 saturated carbocycles. The number of thiophene rings is 1. The molecule has 0 aliphatic carbocycles. The van der Waals surface area contributed by atoms with Crippen molar-refractivity contribution in [1.82, 2.24) is 0 Å². The minimum absolute atomic E-state index is 0.111. The standard InChI is InChI=1S/C23H19NO5S/c1-26-14-5-7-18(20(10-14)27-2)24-12-17-19(28-13-24)8-6-16-22(25)21(29-23(16)17)11-15-4-3-9-30-15/h3-11H,12-13H2,1-2H3/b21-11-. The van der Waals surface area contributed by atoms with Crippen LogP contribution in [0.15, 0.2) is 53.6 Å². The Morgan fingerprint density at radius 1 is 1.13 bits per heavy atom. The molecule has 0 N–H and O–H groups in total. The van der Waals surface area contributed by atoms with Gasteiger partial charge in [-0.25, -0.2) is 0 Å². The molecule has 5 rings (SSSR count). The van der Waals surface area contributed by atoms with Crippen molar-refractivity contribution in [2.45, 2.75) is 6.54 Å². The van der Waals surface area contributed by atoms with Crippen LogP contribution in [-0.4, -0.2) is 26.7 Å². The van der Waals surface area contributed by atoms with E-state index >= 15 is 0 Å². The van der Waals surface area contributed by atoms with E-state index in [1.54, 1.807) is 37.7 Å². The number of ether oxygens (including phenoxy) is 4. The molecule has 0 unspecified atom stereocenters. The summed E-state index contributed by atoms with van der Waals surface area (Å²) in [7, 11) is 3.24. The highest BCUT2D eigenvalue weighted by molar-refractivity contribution is 7.10. The Morgan fingerprint density at radius 2 is 2.03 bits per heavy atom. The number of carbonyl (C=O) groups is 1. The molecular formula is C23H19NO5S. The van der Waals surface area contributed by atoms with Crippen LogP contribution in [0.1, 0.15) is 20.8 Å². The van der Waals surface area contributed by atoms with E-state index in [2.05, 4.69) is 0 Å². The lowest BCUT2D eigenvalue weighted by Gasteiger charge is -2.32. The maximum atomic E-state index is 12.9. The van der Waals surface area contributed by atoms with E-state index < -0.39 is 0 Å². The summed E-state index contributed by atoms with van der Waals surface area (Å²) in [5.41, 5.74) is 2.28. The maximum absolute atomic E-state index is 12.9. The number of methoxy groups -OCH3 is 2. The number of allylic oxidation sites excluding steroid dienone is 1. The van der Waals surface area contributed by atoms with Gasteiger partial charge in [-0.15, -0.1) is 11.3 Å². The van der Waals surface area contributed by atoms with Gasteiger partial charge in [0.15, 0.2) is 12.5 Å². The summed E-state index contributed by atoms with van der Waals surface area (Å²) in [6.07, 6.45) is 1.79. The second-order valence-corrected chi connectivity index (χ2v) is 7.86. The van der Waals surface area contributed by atoms with Crippen molar-refractivity contribution in [3.63, 3.8) is 0 Å². The first-order valence-electron chi connectivity index (χ1n) is 9.41. The molecule has 7 heteroatoms. The molecule has 152 valence electrons. The maximum Gasteiger partial charge on any atom is 0.232 e. The van der Waals surface area contributed by atoms with Gasteiger partial charge < -0.3 is 23.8 Å². The van der Waals surface area contributed by atoms with Gasteiger partial charge in [0.25, 0.3) is 0 Å². The third-order valence-corrected chi connectivity index (χ3v) is 5.99. The second kappa shape index (κ2) is 7.42. The highest BCUT2D eigenvalue weighted by Crippen LogP contribution is 2.44. The zero-order chi connectivity index (χ0) is 20.7. The van der Waals surface area contributed by atoms with E-state index in [1.807, 2.05) is 46.7 Å². The summed E-state index contributed by atoms with van der Waals surface area (Å²) in [5, 5.41) is 1.97. The Labute approximate surface area is 177 Å². The van der Waals surface area contributed by atoms with Crippen molar-refractivity contribution in [2.24, 2.45) is 0 Å². The fraction of sp³-hybridized carbons (Fsp3) is 0.174. The smallest absolute Gasteiger partial charge is 0.232 e. The first kappa shape index (κ1) is 18.6. The van der Waals surface area contributed by atoms with Crippen LogP contribution in [0.2, 0.25) is 0 Å². The predicted molar refractivity (Wildman–Crippen MR) is 115 cm³/mol. The zero-order valence-electron chi connectivity index (χ0n) is 16.5. The minimum atomic E-state index is -0.111. The molecule has 0 atom stereocenters. The predicted octanol–water partition coefficient (Wildman–Crippen LogP) is 4.74. The molecule has 2 aliphatic rings. The largest absolute Gasteiger partial charge is 0.497 e. The Kier molecular flexibility index (Phi) is 4.59. The second-order valence-electron chi connectivity index (χ2n) is 6.88. The van der Waals surface area contributed by atoms with Crippen LogP contribution in [0.25, 0.3) is 6.08 Å². The van der Waals surface area contributed by atoms with E-state index in [0.29, 0.717) is 41.8 Å². The van der Waals surface area contributed by atoms with Crippen molar-refractivity contribution in [3.05, 3.63) is 69.6 Å². The number of Topliss-reactive ketones (excluding diaryl/α,β-unsaturated/α-hetero) is 1. The SMILES string of the molecule is COc1ccc(N2COc3ccc4c(c3C2)O/C(=C\c2cccs2)C4=O)c(OC)c1. The van der Waals surface area contributed by atoms with Crippen LogP contribution in [0.3, 0.4) is 0 Å². The molecule has 0 saturated heterocycles. The summed E-state index contributed by atoms with van der Waals surface area (Å²) < 4.78 is 22.8. The third-order valence-electron chi connectivity index (χ3n) is 5.17. The highest BCUT2D eigenvalue weighted by Gasteiger charge is 2.34. The topological polar surface area (TPSA) is 57.2 Å². The molecule has 0 bridgehead atoms. The molecule has 0 spiro atoms. The minimum Gasteiger partial charge on any atom is -0.497 e. The molecule has 0 fully saturated rings. The van der Waals surface area contributed by atoms with Crippen molar-refractivity contribution in [1.29, 1.82) is 0 Å². The van der Waals surface area contributed by atoms with E-state index in [1.165, 1.54) is 0 Å². The van der Waals surface area contributed by atoms with Crippen molar-refractivity contribution in [2.75, 3.05) is 25.9 Å². The van der Waals surface area contributed by atoms with E-state index in [-0.39, 0.29) is 5.78 Å². The van der Waals surface area contributed by atoms with E-state index in [4.69, 9.17) is 18.9 Å². The zero-order valence-corrected chi connectivity index (χ0v) is 17.3. The molecule has 2 aromatic carbocycles. The normalized spacial score (nSPS) is 16.0. The summed E-state index contributed by atoms with van der Waals surface area (Å²) in [4.78, 5) is 15.9. The van der Waals surface area contributed by atoms with Gasteiger partial charge in [0.1, 0.15) is 23.0 Å². The molecule has 0 radical (unpaired) electrons. The van der Waals surface area contributed by atoms with Gasteiger partial charge in [-0.1, -0.05) is 6.07 Å². The fourth-order valence-corrected chi connectivity index (χ4v) is 4.31. The van der Waals surface area contributed by atoms with Gasteiger partial charge in [-0.2, -0.15) is 0 Å². The lowest BCUT2D eigenvalue weighted by Crippen LogP contribution is -2.32. The van der Waals surface area contributed by atoms with Gasteiger partial charge >= 0.3 is 0 Å². The number of carbonyl (C=O) groups excluding carboxylic acids is 1. The number of anilines is 1. The molecule has 3 aromatic rings. The number of hydrogen-bond donors (Lipinski definition) is 0. The van der Waals surface area contributed by atoms with Gasteiger partial charge in [0.05, 0.1) is 37.6 Å². The molecule has 1 aromatic heterocycles. The van der Waals surface area contributed by atoms with Gasteiger partial charge in [-0.3, -0.25) is 4.79 Å². The van der Waals surface area contributed by atoms with Gasteiger partial charge in [0.2, 0.25) is 5.78 Å². The van der Waals surface area contributed by atoms with Crippen LogP contribution in [0, 0.1) is 0 Å². The van der Waals surface area contributed by atoms with Crippen LogP contribution in [0.5, 0.6) is 23.0 Å². The van der Waals surface area contributed by atoms with E-state index in [0.717, 1.165) is 21.9 Å². The Balaban J connectivity index is 1.50. The molecule has 3 heterocycles. The lowest BCUT2D eigenvalue weighted by molar-refractivity contribution is 0.101. The van der Waals surface area contributed by atoms with Crippen molar-refractivity contribution in [3.8, 4) is 23.0 Å². The first-order chi connectivity index (χ1) is 14.7. The average molecular weight is 421 g/mol. The molecule has 2 aliphatic heterocycles. The number of rotatable bonds is 4. The van der Waals surface area contributed by atoms with Crippen molar-refractivity contribution >= 4 is 28.9 Å². The number of fused-ring (bicyclic) bond motifs is 3. The molecule has 30 heavy (non-hydrogen) atoms. The Bertz CT molecular complexity index is 1150. The quantitative estimate of drug-likeness (QED) is 0.568. The fourth-order valence-electron chi connectivity index (χ4n) is 3.66. The average Bonchev–Trinajstić information content (AvgIpc) is 3.41. The summed E-state index contributed by atoms with van der Waals surface area (Å²) >= 11 is 1.56. The first-order valence-corrected chi connectivity index (χ1v) is 10.3. The van der Waals surface area contributed by atoms with Crippen LogP contribution < -0.4 is 23.8 Å². The van der Waals surface area contributed by atoms with Crippen LogP contribution in [-0.2, 0) is 6.54 Å². The summed E-state index contributed by atoms with van der Waals surface area (Å²) in [6, 6.07) is 13.2. The third kappa shape index (κ3) is 3.07. The summed E-state index contributed by atoms with van der Waals surface area (Å²) in [5.74, 6) is 2.91. The van der Waals surface area contributed by atoms with Crippen LogP contribution in [0.4, 0.5) is 5.69 Å². The molecule has 6 nitrogen and oxygen atoms in total. The van der Waals surface area contributed by atoms with E-state index in [9.17, 15) is 4.79 Å². The number of hydrogen-bond acceptors (Lipinski definition) is 7. The Morgan fingerprint density at radius 3 is 2.80 bits per heavy atom. The number of nitrogens with zero attached hydrogens (tertiary/aromatic N) is 1. The van der Waals surface area contributed by atoms with Crippen molar-refractivity contribution < 1.29 is 23.7 Å². The monoisotopic (exact) mass is 421 g/mol. The molecular weight excluding hydrogens is 402 g/mol. The number of ketones is 1. The lowest BCUT2D eigenvalue weighted by atomic mass is 10.0. The van der Waals surface area contributed by atoms with Gasteiger partial charge in [-0.05, 0) is 35.7 Å². The Hall–Kier alpha value is -3.45. The highest BCUT2D eigenvalue weighted by atomic mass is 32.1.